The number of nitrogens with zero attached hydrogens (tertiary/aromatic N) is 5. The van der Waals surface area contributed by atoms with Gasteiger partial charge in [0.1, 0.15) is 5.82 Å². The molecule has 152 valence electrons. The molecule has 0 bridgehead atoms. The van der Waals surface area contributed by atoms with Crippen LogP contribution in [-0.2, 0) is 6.42 Å². The molecule has 1 saturated carbocycles. The summed E-state index contributed by atoms with van der Waals surface area (Å²) in [4.78, 5) is 7.11. The van der Waals surface area contributed by atoms with E-state index in [1.165, 1.54) is 57.9 Å². The predicted octanol–water partition coefficient (Wildman–Crippen LogP) is 3.67. The summed E-state index contributed by atoms with van der Waals surface area (Å²) < 4.78 is 2.08. The molecule has 1 aliphatic heterocycles. The first-order chi connectivity index (χ1) is 13.8. The quantitative estimate of drug-likeness (QED) is 0.498. The van der Waals surface area contributed by atoms with Crippen LogP contribution in [0, 0.1) is 5.41 Å². The van der Waals surface area contributed by atoms with Crippen LogP contribution in [0.4, 0.5) is 0 Å². The highest BCUT2D eigenvalue weighted by atomic mass is 15.3. The number of rotatable bonds is 4. The number of aryl methyl sites for hydroxylation is 1. The van der Waals surface area contributed by atoms with Gasteiger partial charge in [0, 0.05) is 39.3 Å². The standard InChI is InChI=1S/C22H34N6/c1-23-21(27-16-9-14-22(18-27)12-5-2-3-6-13-22)24-15-8-11-20-26-25-19-10-4-7-17-28(19)20/h4,7,10,17H,2-3,5-6,8-9,11-16,18H2,1H3,(H,23,24). The summed E-state index contributed by atoms with van der Waals surface area (Å²) in [5, 5.41) is 12.2. The number of guanidine groups is 1. The largest absolute Gasteiger partial charge is 0.356 e. The molecule has 28 heavy (non-hydrogen) atoms. The summed E-state index contributed by atoms with van der Waals surface area (Å²) in [5.41, 5.74) is 1.45. The maximum absolute atomic E-state index is 4.60. The van der Waals surface area contributed by atoms with E-state index in [-0.39, 0.29) is 0 Å². The van der Waals surface area contributed by atoms with Gasteiger partial charge in [0.2, 0.25) is 0 Å². The summed E-state index contributed by atoms with van der Waals surface area (Å²) >= 11 is 0. The Morgan fingerprint density at radius 2 is 1.93 bits per heavy atom. The molecule has 0 atom stereocenters. The van der Waals surface area contributed by atoms with Crippen molar-refractivity contribution in [3.63, 3.8) is 0 Å². The van der Waals surface area contributed by atoms with Crippen LogP contribution in [0.1, 0.15) is 63.6 Å². The van der Waals surface area contributed by atoms with E-state index in [2.05, 4.69) is 29.8 Å². The fourth-order valence-corrected chi connectivity index (χ4v) is 5.12. The average molecular weight is 383 g/mol. The van der Waals surface area contributed by atoms with Gasteiger partial charge in [-0.1, -0.05) is 31.7 Å². The highest BCUT2D eigenvalue weighted by Gasteiger charge is 2.36. The molecule has 6 nitrogen and oxygen atoms in total. The minimum absolute atomic E-state index is 0.535. The van der Waals surface area contributed by atoms with Crippen molar-refractivity contribution in [2.75, 3.05) is 26.7 Å². The second-order valence-corrected chi connectivity index (χ2v) is 8.56. The van der Waals surface area contributed by atoms with Crippen molar-refractivity contribution >= 4 is 11.6 Å². The van der Waals surface area contributed by atoms with E-state index >= 15 is 0 Å². The lowest BCUT2D eigenvalue weighted by Crippen LogP contribution is -2.50. The number of piperidine rings is 1. The smallest absolute Gasteiger partial charge is 0.193 e. The van der Waals surface area contributed by atoms with Crippen LogP contribution in [0.5, 0.6) is 0 Å². The van der Waals surface area contributed by atoms with E-state index in [1.807, 2.05) is 31.4 Å². The minimum atomic E-state index is 0.535. The van der Waals surface area contributed by atoms with Gasteiger partial charge < -0.3 is 10.2 Å². The zero-order valence-electron chi connectivity index (χ0n) is 17.2. The fraction of sp³-hybridized carbons (Fsp3) is 0.682. The topological polar surface area (TPSA) is 57.8 Å². The third kappa shape index (κ3) is 4.31. The van der Waals surface area contributed by atoms with Crippen molar-refractivity contribution in [2.24, 2.45) is 10.4 Å². The monoisotopic (exact) mass is 382 g/mol. The van der Waals surface area contributed by atoms with Crippen molar-refractivity contribution in [1.29, 1.82) is 0 Å². The Balaban J connectivity index is 1.29. The Morgan fingerprint density at radius 1 is 1.11 bits per heavy atom. The van der Waals surface area contributed by atoms with E-state index < -0.39 is 0 Å². The van der Waals surface area contributed by atoms with Crippen molar-refractivity contribution in [3.8, 4) is 0 Å². The normalized spacial score (nSPS) is 20.5. The van der Waals surface area contributed by atoms with E-state index in [4.69, 9.17) is 0 Å². The Morgan fingerprint density at radius 3 is 2.75 bits per heavy atom. The van der Waals surface area contributed by atoms with Gasteiger partial charge >= 0.3 is 0 Å². The first-order valence-corrected chi connectivity index (χ1v) is 11.0. The number of hydrogen-bond donors (Lipinski definition) is 1. The molecule has 6 heteroatoms. The van der Waals surface area contributed by atoms with E-state index in [0.29, 0.717) is 5.41 Å². The number of aliphatic imine (C=N–C) groups is 1. The maximum atomic E-state index is 4.60. The Bertz CT molecular complexity index is 787. The zero-order valence-corrected chi connectivity index (χ0v) is 17.2. The molecule has 2 fully saturated rings. The summed E-state index contributed by atoms with van der Waals surface area (Å²) in [7, 11) is 1.92. The van der Waals surface area contributed by atoms with Gasteiger partial charge in [-0.15, -0.1) is 10.2 Å². The first kappa shape index (κ1) is 19.2. The Hall–Kier alpha value is -2.11. The second-order valence-electron chi connectivity index (χ2n) is 8.56. The number of fused-ring (bicyclic) bond motifs is 1. The molecule has 1 spiro atoms. The van der Waals surface area contributed by atoms with Crippen molar-refractivity contribution in [3.05, 3.63) is 30.2 Å². The van der Waals surface area contributed by atoms with Gasteiger partial charge in [-0.25, -0.2) is 0 Å². The zero-order chi connectivity index (χ0) is 19.2. The van der Waals surface area contributed by atoms with Gasteiger partial charge in [0.25, 0.3) is 0 Å². The van der Waals surface area contributed by atoms with Gasteiger partial charge in [0.15, 0.2) is 11.6 Å². The molecule has 0 radical (unpaired) electrons. The number of aromatic nitrogens is 3. The van der Waals surface area contributed by atoms with Gasteiger partial charge in [-0.3, -0.25) is 9.39 Å². The fourth-order valence-electron chi connectivity index (χ4n) is 5.12. The highest BCUT2D eigenvalue weighted by molar-refractivity contribution is 5.80. The Labute approximate surface area is 168 Å². The van der Waals surface area contributed by atoms with Crippen molar-refractivity contribution in [2.45, 2.75) is 64.2 Å². The molecule has 4 rings (SSSR count). The molecule has 1 aliphatic carbocycles. The predicted molar refractivity (Wildman–Crippen MR) is 114 cm³/mol. The molecule has 0 aromatic carbocycles. The molecular weight excluding hydrogens is 348 g/mol. The molecule has 2 aromatic rings. The van der Waals surface area contributed by atoms with E-state index in [1.54, 1.807) is 0 Å². The molecule has 2 aromatic heterocycles. The number of likely N-dealkylation sites (tertiary alicyclic amines) is 1. The van der Waals surface area contributed by atoms with Crippen LogP contribution >= 0.6 is 0 Å². The number of nitrogens with one attached hydrogen (secondary N) is 1. The number of pyridine rings is 1. The molecule has 2 aliphatic rings. The minimum Gasteiger partial charge on any atom is -0.356 e. The van der Waals surface area contributed by atoms with Gasteiger partial charge in [-0.05, 0) is 49.7 Å². The molecule has 1 saturated heterocycles. The third-order valence-electron chi connectivity index (χ3n) is 6.58. The summed E-state index contributed by atoms with van der Waals surface area (Å²) in [6.45, 7) is 3.23. The van der Waals surface area contributed by atoms with E-state index in [0.717, 1.165) is 43.4 Å². The van der Waals surface area contributed by atoms with Crippen LogP contribution < -0.4 is 5.32 Å². The molecule has 3 heterocycles. The van der Waals surface area contributed by atoms with Crippen LogP contribution in [-0.4, -0.2) is 52.1 Å². The molecule has 1 N–H and O–H groups in total. The van der Waals surface area contributed by atoms with E-state index in [9.17, 15) is 0 Å². The van der Waals surface area contributed by atoms with Crippen LogP contribution in [0.2, 0.25) is 0 Å². The average Bonchev–Trinajstić information content (AvgIpc) is 3.01. The lowest BCUT2D eigenvalue weighted by atomic mass is 9.74. The van der Waals surface area contributed by atoms with Crippen LogP contribution in [0.15, 0.2) is 29.4 Å². The SMILES string of the molecule is CN=C(NCCCc1nnc2ccccn12)N1CCCC2(CCCCCC2)C1. The van der Waals surface area contributed by atoms with Gasteiger partial charge in [-0.2, -0.15) is 0 Å². The molecule has 0 unspecified atom stereocenters. The van der Waals surface area contributed by atoms with Crippen LogP contribution in [0.25, 0.3) is 5.65 Å². The first-order valence-electron chi connectivity index (χ1n) is 11.0. The van der Waals surface area contributed by atoms with Crippen LogP contribution in [0.3, 0.4) is 0 Å². The van der Waals surface area contributed by atoms with Gasteiger partial charge in [0.05, 0.1) is 0 Å². The van der Waals surface area contributed by atoms with Crippen molar-refractivity contribution in [1.82, 2.24) is 24.8 Å². The lowest BCUT2D eigenvalue weighted by Gasteiger charge is -2.44. The highest BCUT2D eigenvalue weighted by Crippen LogP contribution is 2.42. The van der Waals surface area contributed by atoms with Crippen molar-refractivity contribution < 1.29 is 0 Å². The second kappa shape index (κ2) is 8.93. The molecular formula is C22H34N6. The summed E-state index contributed by atoms with van der Waals surface area (Å²) in [6, 6.07) is 6.02. The number of hydrogen-bond acceptors (Lipinski definition) is 3. The lowest BCUT2D eigenvalue weighted by molar-refractivity contribution is 0.115. The summed E-state index contributed by atoms with van der Waals surface area (Å²) in [5.74, 6) is 2.11. The summed E-state index contributed by atoms with van der Waals surface area (Å²) in [6.07, 6.45) is 15.1. The molecule has 0 amide bonds. The Kier molecular flexibility index (Phi) is 6.13. The maximum Gasteiger partial charge on any atom is 0.193 e. The third-order valence-corrected chi connectivity index (χ3v) is 6.58.